The molecule has 23 heavy (non-hydrogen) atoms. The van der Waals surface area contributed by atoms with Crippen molar-refractivity contribution in [3.8, 4) is 12.1 Å². The van der Waals surface area contributed by atoms with Crippen molar-refractivity contribution >= 4 is 5.82 Å². The molecule has 6 heteroatoms. The van der Waals surface area contributed by atoms with Gasteiger partial charge in [-0.2, -0.15) is 10.5 Å². The molecular weight excluding hydrogens is 288 g/mol. The third-order valence-electron chi connectivity index (χ3n) is 3.95. The van der Waals surface area contributed by atoms with Crippen LogP contribution in [-0.2, 0) is 6.54 Å². The fourth-order valence-electron chi connectivity index (χ4n) is 2.78. The molecule has 0 N–H and O–H groups in total. The first-order valence-electron chi connectivity index (χ1n) is 7.45. The number of anilines is 1. The lowest BCUT2D eigenvalue weighted by atomic mass is 10.1. The van der Waals surface area contributed by atoms with E-state index < -0.39 is 0 Å². The number of nitriles is 2. The molecule has 1 aromatic carbocycles. The first-order chi connectivity index (χ1) is 11.3. The number of benzene rings is 1. The Morgan fingerprint density at radius 1 is 1.09 bits per heavy atom. The van der Waals surface area contributed by atoms with E-state index in [-0.39, 0.29) is 6.04 Å². The molecule has 0 spiro atoms. The molecule has 1 saturated heterocycles. The maximum Gasteiger partial charge on any atom is 0.183 e. The summed E-state index contributed by atoms with van der Waals surface area (Å²) in [5.41, 5.74) is 1.50. The van der Waals surface area contributed by atoms with Crippen molar-refractivity contribution in [2.24, 2.45) is 0 Å². The lowest BCUT2D eigenvalue weighted by molar-refractivity contribution is 0.204. The van der Waals surface area contributed by atoms with Crippen molar-refractivity contribution < 1.29 is 0 Å². The number of nitrogens with zero attached hydrogens (tertiary/aromatic N) is 6. The summed E-state index contributed by atoms with van der Waals surface area (Å²) in [7, 11) is 0. The van der Waals surface area contributed by atoms with E-state index in [1.54, 1.807) is 6.20 Å². The lowest BCUT2D eigenvalue weighted by Crippen LogP contribution is -2.52. The van der Waals surface area contributed by atoms with E-state index in [0.29, 0.717) is 18.1 Å². The number of hydrogen-bond acceptors (Lipinski definition) is 6. The van der Waals surface area contributed by atoms with Crippen LogP contribution in [-0.4, -0.2) is 40.5 Å². The van der Waals surface area contributed by atoms with Crippen LogP contribution in [0, 0.1) is 22.7 Å². The zero-order chi connectivity index (χ0) is 16.1. The average molecular weight is 304 g/mol. The van der Waals surface area contributed by atoms with Gasteiger partial charge in [0.15, 0.2) is 11.5 Å². The minimum Gasteiger partial charge on any atom is -0.350 e. The van der Waals surface area contributed by atoms with Gasteiger partial charge >= 0.3 is 0 Å². The summed E-state index contributed by atoms with van der Waals surface area (Å²) < 4.78 is 0. The molecule has 0 saturated carbocycles. The van der Waals surface area contributed by atoms with Crippen LogP contribution in [0.4, 0.5) is 5.82 Å². The fourth-order valence-corrected chi connectivity index (χ4v) is 2.78. The van der Waals surface area contributed by atoms with E-state index in [2.05, 4.69) is 39.1 Å². The van der Waals surface area contributed by atoms with Crippen LogP contribution >= 0.6 is 0 Å². The van der Waals surface area contributed by atoms with Crippen LogP contribution in [0.1, 0.15) is 11.3 Å². The maximum atomic E-state index is 9.51. The Labute approximate surface area is 135 Å². The number of piperazine rings is 1. The predicted molar refractivity (Wildman–Crippen MR) is 85.2 cm³/mol. The third-order valence-corrected chi connectivity index (χ3v) is 3.95. The highest BCUT2D eigenvalue weighted by atomic mass is 15.3. The monoisotopic (exact) mass is 304 g/mol. The van der Waals surface area contributed by atoms with E-state index in [4.69, 9.17) is 5.26 Å². The van der Waals surface area contributed by atoms with Crippen molar-refractivity contribution in [1.82, 2.24) is 14.9 Å². The zero-order valence-corrected chi connectivity index (χ0v) is 12.6. The van der Waals surface area contributed by atoms with Crippen molar-refractivity contribution in [2.75, 3.05) is 24.5 Å². The zero-order valence-electron chi connectivity index (χ0n) is 12.6. The van der Waals surface area contributed by atoms with Gasteiger partial charge in [-0.3, -0.25) is 4.90 Å². The fraction of sp³-hybridized carbons (Fsp3) is 0.294. The Balaban J connectivity index is 1.74. The molecule has 1 aliphatic rings. The van der Waals surface area contributed by atoms with Gasteiger partial charge in [0, 0.05) is 38.6 Å². The molecule has 0 aliphatic carbocycles. The highest BCUT2D eigenvalue weighted by molar-refractivity contribution is 5.50. The Bertz CT molecular complexity index is 746. The molecule has 1 aliphatic heterocycles. The molecule has 0 unspecified atom stereocenters. The molecule has 0 bridgehead atoms. The Hall–Kier alpha value is -2.96. The second-order valence-electron chi connectivity index (χ2n) is 5.39. The summed E-state index contributed by atoms with van der Waals surface area (Å²) in [6.45, 7) is 2.74. The molecule has 2 aromatic rings. The second kappa shape index (κ2) is 6.87. The molecular formula is C17H16N6. The molecule has 1 atom stereocenters. The summed E-state index contributed by atoms with van der Waals surface area (Å²) in [5, 5.41) is 18.7. The van der Waals surface area contributed by atoms with E-state index >= 15 is 0 Å². The largest absolute Gasteiger partial charge is 0.350 e. The number of rotatable bonds is 3. The van der Waals surface area contributed by atoms with Gasteiger partial charge in [0.25, 0.3) is 0 Å². The van der Waals surface area contributed by atoms with Gasteiger partial charge in [-0.15, -0.1) is 0 Å². The normalized spacial score (nSPS) is 18.2. The van der Waals surface area contributed by atoms with E-state index in [0.717, 1.165) is 19.6 Å². The van der Waals surface area contributed by atoms with Crippen LogP contribution in [0.5, 0.6) is 0 Å². The van der Waals surface area contributed by atoms with Gasteiger partial charge in [0.05, 0.1) is 6.07 Å². The summed E-state index contributed by atoms with van der Waals surface area (Å²) in [5.74, 6) is 0.564. The van der Waals surface area contributed by atoms with Crippen LogP contribution in [0.25, 0.3) is 0 Å². The molecule has 6 nitrogen and oxygen atoms in total. The topological polar surface area (TPSA) is 79.8 Å². The lowest BCUT2D eigenvalue weighted by Gasteiger charge is -2.38. The van der Waals surface area contributed by atoms with E-state index in [9.17, 15) is 5.26 Å². The average Bonchev–Trinajstić information content (AvgIpc) is 2.63. The molecule has 0 amide bonds. The highest BCUT2D eigenvalue weighted by Crippen LogP contribution is 2.20. The van der Waals surface area contributed by atoms with Crippen LogP contribution in [0.2, 0.25) is 0 Å². The summed E-state index contributed by atoms with van der Waals surface area (Å²) in [6.07, 6.45) is 3.09. The Kier molecular flexibility index (Phi) is 4.46. The van der Waals surface area contributed by atoms with Crippen molar-refractivity contribution in [2.45, 2.75) is 12.6 Å². The highest BCUT2D eigenvalue weighted by Gasteiger charge is 2.28. The van der Waals surface area contributed by atoms with Crippen LogP contribution < -0.4 is 4.90 Å². The van der Waals surface area contributed by atoms with Gasteiger partial charge in [0.1, 0.15) is 12.1 Å². The number of aromatic nitrogens is 2. The minimum absolute atomic E-state index is 0.238. The van der Waals surface area contributed by atoms with Gasteiger partial charge < -0.3 is 4.90 Å². The second-order valence-corrected chi connectivity index (χ2v) is 5.39. The van der Waals surface area contributed by atoms with Crippen LogP contribution in [0.15, 0.2) is 42.7 Å². The molecule has 3 rings (SSSR count). The van der Waals surface area contributed by atoms with Gasteiger partial charge in [-0.05, 0) is 5.56 Å². The quantitative estimate of drug-likeness (QED) is 0.856. The van der Waals surface area contributed by atoms with Gasteiger partial charge in [-0.1, -0.05) is 30.3 Å². The molecule has 1 aromatic heterocycles. The van der Waals surface area contributed by atoms with Crippen molar-refractivity contribution in [3.63, 3.8) is 0 Å². The Morgan fingerprint density at radius 2 is 1.87 bits per heavy atom. The third kappa shape index (κ3) is 3.28. The van der Waals surface area contributed by atoms with E-state index in [1.165, 1.54) is 11.8 Å². The van der Waals surface area contributed by atoms with Crippen molar-refractivity contribution in [3.05, 3.63) is 54.0 Å². The predicted octanol–water partition coefficient (Wildman–Crippen LogP) is 1.56. The first-order valence-corrected chi connectivity index (χ1v) is 7.45. The van der Waals surface area contributed by atoms with Crippen LogP contribution in [0.3, 0.4) is 0 Å². The standard InChI is InChI=1S/C17H16N6/c18-10-15-13-23(17-16(11-19)20-6-7-21-17)9-8-22(15)12-14-4-2-1-3-5-14/h1-7,15H,8-9,12-13H2/t15-/m0/s1. The maximum absolute atomic E-state index is 9.51. The van der Waals surface area contributed by atoms with Gasteiger partial charge in [-0.25, -0.2) is 9.97 Å². The summed E-state index contributed by atoms with van der Waals surface area (Å²) >= 11 is 0. The van der Waals surface area contributed by atoms with E-state index in [1.807, 2.05) is 23.1 Å². The smallest absolute Gasteiger partial charge is 0.183 e. The minimum atomic E-state index is -0.238. The summed E-state index contributed by atoms with van der Waals surface area (Å²) in [4.78, 5) is 12.4. The molecule has 114 valence electrons. The SMILES string of the molecule is N#Cc1nccnc1N1CCN(Cc2ccccc2)[C@@H](C#N)C1. The Morgan fingerprint density at radius 3 is 2.61 bits per heavy atom. The van der Waals surface area contributed by atoms with Gasteiger partial charge in [0.2, 0.25) is 0 Å². The number of hydrogen-bond donors (Lipinski definition) is 0. The van der Waals surface area contributed by atoms with Crippen molar-refractivity contribution in [1.29, 1.82) is 10.5 Å². The molecule has 1 fully saturated rings. The summed E-state index contributed by atoms with van der Waals surface area (Å²) in [6, 6.07) is 14.3. The first kappa shape index (κ1) is 15.0. The molecule has 0 radical (unpaired) electrons. The molecule has 2 heterocycles.